The molecule has 0 radical (unpaired) electrons. The fraction of sp³-hybridized carbons (Fsp3) is 0.182. The Labute approximate surface area is 91.0 Å². The molecule has 1 atom stereocenters. The minimum atomic E-state index is -1.23. The van der Waals surface area contributed by atoms with E-state index in [1.807, 2.05) is 0 Å². The molecule has 1 unspecified atom stereocenters. The first-order valence-electron chi connectivity index (χ1n) is 4.68. The molecule has 1 aromatic carbocycles. The number of hydrogen-bond acceptors (Lipinski definition) is 4. The van der Waals surface area contributed by atoms with Gasteiger partial charge in [-0.1, -0.05) is 0 Å². The number of carboxylic acid groups (broad SMARTS) is 1. The standard InChI is InChI=1S/C11H11NO4/c1-11(10(15)16)4-6-2-7(13)3-9(14)8(6)5-12-11/h2-5,12-14H,1H3,(H,15,16). The van der Waals surface area contributed by atoms with Crippen LogP contribution in [0.4, 0.5) is 0 Å². The number of rotatable bonds is 1. The van der Waals surface area contributed by atoms with Crippen molar-refractivity contribution in [3.63, 3.8) is 0 Å². The summed E-state index contributed by atoms with van der Waals surface area (Å²) in [6.45, 7) is 1.50. The molecule has 16 heavy (non-hydrogen) atoms. The van der Waals surface area contributed by atoms with Gasteiger partial charge in [0.05, 0.1) is 0 Å². The third-order valence-corrected chi connectivity index (χ3v) is 2.58. The molecule has 0 fully saturated rings. The van der Waals surface area contributed by atoms with Crippen LogP contribution in [0, 0.1) is 0 Å². The summed E-state index contributed by atoms with van der Waals surface area (Å²) in [6.07, 6.45) is 2.88. The minimum Gasteiger partial charge on any atom is -0.508 e. The summed E-state index contributed by atoms with van der Waals surface area (Å²) >= 11 is 0. The van der Waals surface area contributed by atoms with Crippen LogP contribution < -0.4 is 15.8 Å². The fourth-order valence-electron chi connectivity index (χ4n) is 1.62. The van der Waals surface area contributed by atoms with Crippen molar-refractivity contribution in [1.29, 1.82) is 0 Å². The van der Waals surface area contributed by atoms with Gasteiger partial charge in [0.2, 0.25) is 0 Å². The van der Waals surface area contributed by atoms with Gasteiger partial charge >= 0.3 is 5.97 Å². The molecular weight excluding hydrogens is 210 g/mol. The molecule has 0 aromatic heterocycles. The van der Waals surface area contributed by atoms with E-state index in [1.165, 1.54) is 31.3 Å². The van der Waals surface area contributed by atoms with Crippen molar-refractivity contribution in [2.75, 3.05) is 0 Å². The van der Waals surface area contributed by atoms with Crippen molar-refractivity contribution < 1.29 is 20.1 Å². The number of benzene rings is 1. The van der Waals surface area contributed by atoms with Crippen LogP contribution in [0.5, 0.6) is 11.5 Å². The van der Waals surface area contributed by atoms with Crippen LogP contribution in [0.15, 0.2) is 12.1 Å². The van der Waals surface area contributed by atoms with Gasteiger partial charge in [-0.3, -0.25) is 0 Å². The summed E-state index contributed by atoms with van der Waals surface area (Å²) in [5.41, 5.74) is -1.23. The molecule has 84 valence electrons. The summed E-state index contributed by atoms with van der Waals surface area (Å²) in [4.78, 5) is 11.0. The Morgan fingerprint density at radius 2 is 2.06 bits per heavy atom. The normalized spacial score (nSPS) is 22.3. The topological polar surface area (TPSA) is 89.8 Å². The zero-order valence-electron chi connectivity index (χ0n) is 8.56. The number of hydrogen-bond donors (Lipinski definition) is 4. The molecule has 0 spiro atoms. The summed E-state index contributed by atoms with van der Waals surface area (Å²) in [6, 6.07) is 2.61. The first-order valence-corrected chi connectivity index (χ1v) is 4.68. The van der Waals surface area contributed by atoms with Gasteiger partial charge in [-0.25, -0.2) is 4.79 Å². The van der Waals surface area contributed by atoms with Crippen LogP contribution in [0.1, 0.15) is 6.92 Å². The zero-order valence-corrected chi connectivity index (χ0v) is 8.56. The molecule has 1 aliphatic rings. The minimum absolute atomic E-state index is 0.0915. The van der Waals surface area contributed by atoms with E-state index in [9.17, 15) is 15.0 Å². The smallest absolute Gasteiger partial charge is 0.333 e. The van der Waals surface area contributed by atoms with Gasteiger partial charge in [-0.2, -0.15) is 0 Å². The molecule has 0 aliphatic carbocycles. The molecule has 2 rings (SSSR count). The lowest BCUT2D eigenvalue weighted by molar-refractivity contribution is -0.140. The molecule has 5 heteroatoms. The maximum Gasteiger partial charge on any atom is 0.333 e. The number of carboxylic acids is 1. The van der Waals surface area contributed by atoms with Crippen LogP contribution in [0.25, 0.3) is 12.3 Å². The molecule has 0 bridgehead atoms. The van der Waals surface area contributed by atoms with E-state index in [0.717, 1.165) is 0 Å². The number of carbonyl (C=O) groups is 1. The number of nitrogens with one attached hydrogen (secondary N) is 1. The Bertz CT molecular complexity index is 578. The number of aliphatic carboxylic acids is 1. The Morgan fingerprint density at radius 1 is 1.38 bits per heavy atom. The van der Waals surface area contributed by atoms with E-state index in [4.69, 9.17) is 5.11 Å². The van der Waals surface area contributed by atoms with Gasteiger partial charge in [0, 0.05) is 17.5 Å². The van der Waals surface area contributed by atoms with E-state index in [2.05, 4.69) is 5.32 Å². The highest BCUT2D eigenvalue weighted by Crippen LogP contribution is 2.13. The van der Waals surface area contributed by atoms with E-state index in [1.54, 1.807) is 0 Å². The lowest BCUT2D eigenvalue weighted by Crippen LogP contribution is -2.51. The van der Waals surface area contributed by atoms with Crippen LogP contribution in [0.3, 0.4) is 0 Å². The molecule has 1 aliphatic heterocycles. The second-order valence-electron chi connectivity index (χ2n) is 3.91. The van der Waals surface area contributed by atoms with Crippen LogP contribution >= 0.6 is 0 Å². The fourth-order valence-corrected chi connectivity index (χ4v) is 1.62. The number of fused-ring (bicyclic) bond motifs is 1. The lowest BCUT2D eigenvalue weighted by Gasteiger charge is -2.24. The van der Waals surface area contributed by atoms with Gasteiger partial charge in [0.25, 0.3) is 0 Å². The van der Waals surface area contributed by atoms with Crippen molar-refractivity contribution in [1.82, 2.24) is 5.32 Å². The molecule has 4 N–H and O–H groups in total. The number of phenols is 2. The monoisotopic (exact) mass is 221 g/mol. The highest BCUT2D eigenvalue weighted by Gasteiger charge is 2.30. The maximum absolute atomic E-state index is 11.0. The highest BCUT2D eigenvalue weighted by molar-refractivity contribution is 5.88. The SMILES string of the molecule is CC1(C(=O)O)C=c2cc(O)cc(O)c2=CN1. The Hall–Kier alpha value is -2.17. The molecule has 5 nitrogen and oxygen atoms in total. The second kappa shape index (κ2) is 3.16. The average Bonchev–Trinajstić information content (AvgIpc) is 2.16. The maximum atomic E-state index is 11.0. The lowest BCUT2D eigenvalue weighted by atomic mass is 9.97. The van der Waals surface area contributed by atoms with Gasteiger partial charge < -0.3 is 20.6 Å². The van der Waals surface area contributed by atoms with Gasteiger partial charge in [-0.15, -0.1) is 0 Å². The molecule has 1 heterocycles. The Morgan fingerprint density at radius 3 is 2.69 bits per heavy atom. The summed E-state index contributed by atoms with van der Waals surface area (Å²) < 4.78 is 0. The van der Waals surface area contributed by atoms with Gasteiger partial charge in [0.15, 0.2) is 5.54 Å². The van der Waals surface area contributed by atoms with E-state index < -0.39 is 11.5 Å². The van der Waals surface area contributed by atoms with Crippen LogP contribution in [-0.2, 0) is 4.79 Å². The van der Waals surface area contributed by atoms with Crippen LogP contribution in [-0.4, -0.2) is 26.8 Å². The molecule has 1 aromatic rings. The van der Waals surface area contributed by atoms with E-state index >= 15 is 0 Å². The number of phenolic OH excluding ortho intramolecular Hbond substituents is 2. The quantitative estimate of drug-likeness (QED) is 0.491. The van der Waals surface area contributed by atoms with Gasteiger partial charge in [0.1, 0.15) is 11.5 Å². The third-order valence-electron chi connectivity index (χ3n) is 2.58. The Balaban J connectivity index is 2.74. The third kappa shape index (κ3) is 1.46. The van der Waals surface area contributed by atoms with Gasteiger partial charge in [-0.05, 0) is 24.3 Å². The van der Waals surface area contributed by atoms with E-state index in [0.29, 0.717) is 10.4 Å². The van der Waals surface area contributed by atoms with Crippen molar-refractivity contribution in [3.8, 4) is 11.5 Å². The van der Waals surface area contributed by atoms with Crippen molar-refractivity contribution in [3.05, 3.63) is 22.6 Å². The molecule has 0 saturated carbocycles. The molecule has 0 amide bonds. The summed E-state index contributed by atoms with van der Waals surface area (Å²) in [7, 11) is 0. The average molecular weight is 221 g/mol. The van der Waals surface area contributed by atoms with Crippen molar-refractivity contribution in [2.45, 2.75) is 12.5 Å². The molecule has 0 saturated heterocycles. The van der Waals surface area contributed by atoms with Crippen LogP contribution in [0.2, 0.25) is 0 Å². The highest BCUT2D eigenvalue weighted by atomic mass is 16.4. The van der Waals surface area contributed by atoms with Crippen molar-refractivity contribution in [2.24, 2.45) is 0 Å². The summed E-state index contributed by atoms with van der Waals surface area (Å²) in [5, 5.41) is 31.5. The first kappa shape index (κ1) is 10.4. The van der Waals surface area contributed by atoms with E-state index in [-0.39, 0.29) is 11.5 Å². The zero-order chi connectivity index (χ0) is 11.9. The predicted octanol–water partition coefficient (Wildman–Crippen LogP) is -0.937. The second-order valence-corrected chi connectivity index (χ2v) is 3.91. The first-order chi connectivity index (χ1) is 7.42. The Kier molecular flexibility index (Phi) is 2.05. The number of aromatic hydroxyl groups is 2. The molecular formula is C11H11NO4. The predicted molar refractivity (Wildman–Crippen MR) is 57.1 cm³/mol. The van der Waals surface area contributed by atoms with Crippen molar-refractivity contribution >= 4 is 18.2 Å². The summed E-state index contributed by atoms with van der Waals surface area (Å²) in [5.74, 6) is -1.22. The largest absolute Gasteiger partial charge is 0.508 e.